The van der Waals surface area contributed by atoms with Crippen LogP contribution in [0.15, 0.2) is 30.7 Å². The largest absolute Gasteiger partial charge is 0.385 e. The van der Waals surface area contributed by atoms with E-state index in [-0.39, 0.29) is 11.4 Å². The number of alkyl halides is 1. The molecule has 10 heteroatoms. The van der Waals surface area contributed by atoms with E-state index in [2.05, 4.69) is 25.3 Å². The summed E-state index contributed by atoms with van der Waals surface area (Å²) in [4.78, 5) is 22.4. The lowest BCUT2D eigenvalue weighted by molar-refractivity contribution is 0.100. The molecule has 9 nitrogen and oxygen atoms in total. The minimum atomic E-state index is -0.676. The van der Waals surface area contributed by atoms with Crippen LogP contribution in [-0.4, -0.2) is 62.9 Å². The van der Waals surface area contributed by atoms with E-state index in [4.69, 9.17) is 11.5 Å². The second kappa shape index (κ2) is 9.53. The van der Waals surface area contributed by atoms with Crippen molar-refractivity contribution in [1.29, 1.82) is 0 Å². The van der Waals surface area contributed by atoms with Gasteiger partial charge < -0.3 is 21.7 Å². The van der Waals surface area contributed by atoms with Crippen molar-refractivity contribution in [3.63, 3.8) is 0 Å². The third-order valence-electron chi connectivity index (χ3n) is 5.86. The summed E-state index contributed by atoms with van der Waals surface area (Å²) in [6.07, 6.45) is 5.39. The summed E-state index contributed by atoms with van der Waals surface area (Å²) in [7, 11) is 0. The fourth-order valence-electron chi connectivity index (χ4n) is 4.16. The molecule has 174 valence electrons. The molecule has 3 aromatic rings. The minimum Gasteiger partial charge on any atom is -0.385 e. The van der Waals surface area contributed by atoms with Gasteiger partial charge in [0.15, 0.2) is 11.6 Å². The molecule has 0 radical (unpaired) electrons. The maximum Gasteiger partial charge on any atom is 0.251 e. The third kappa shape index (κ3) is 5.11. The first kappa shape index (κ1) is 22.7. The van der Waals surface area contributed by atoms with Crippen LogP contribution in [0.2, 0.25) is 0 Å². The number of rotatable bonds is 8. The highest BCUT2D eigenvalue weighted by molar-refractivity contribution is 5.92. The number of carbonyl (C=O) groups excluding carboxylic acids is 1. The quantitative estimate of drug-likeness (QED) is 0.448. The molecule has 4 rings (SSSR count). The summed E-state index contributed by atoms with van der Waals surface area (Å²) in [6.45, 7) is 7.22. The Hall–Kier alpha value is -3.53. The van der Waals surface area contributed by atoms with Crippen LogP contribution in [0, 0.1) is 13.8 Å². The number of nitrogen functional groups attached to an aromatic ring is 1. The van der Waals surface area contributed by atoms with Gasteiger partial charge in [-0.1, -0.05) is 0 Å². The number of hydrogen-bond acceptors (Lipinski definition) is 7. The van der Waals surface area contributed by atoms with E-state index in [1.54, 1.807) is 6.20 Å². The summed E-state index contributed by atoms with van der Waals surface area (Å²) in [5, 5.41) is 7.65. The monoisotopic (exact) mass is 452 g/mol. The predicted molar refractivity (Wildman–Crippen MR) is 126 cm³/mol. The summed E-state index contributed by atoms with van der Waals surface area (Å²) in [5.41, 5.74) is 16.4. The highest BCUT2D eigenvalue weighted by atomic mass is 19.1. The van der Waals surface area contributed by atoms with Crippen LogP contribution in [0.3, 0.4) is 0 Å². The molecule has 1 aliphatic heterocycles. The van der Waals surface area contributed by atoms with Crippen LogP contribution in [0.5, 0.6) is 0 Å². The first-order valence-electron chi connectivity index (χ1n) is 11.0. The lowest BCUT2D eigenvalue weighted by Crippen LogP contribution is -2.24. The zero-order chi connectivity index (χ0) is 23.5. The number of carbonyl (C=O) groups is 1. The fraction of sp³-hybridized carbons (Fsp3) is 0.391. The zero-order valence-corrected chi connectivity index (χ0v) is 18.9. The molecule has 33 heavy (non-hydrogen) atoms. The van der Waals surface area contributed by atoms with Gasteiger partial charge in [-0.25, -0.2) is 19.0 Å². The first-order valence-corrected chi connectivity index (χ1v) is 11.0. The van der Waals surface area contributed by atoms with E-state index in [0.717, 1.165) is 48.4 Å². The Bertz CT molecular complexity index is 1140. The Labute approximate surface area is 192 Å². The van der Waals surface area contributed by atoms with Crippen LogP contribution < -0.4 is 16.8 Å². The maximum atomic E-state index is 13.3. The molecule has 1 saturated heterocycles. The minimum absolute atomic E-state index is 0.196. The van der Waals surface area contributed by atoms with Gasteiger partial charge in [-0.05, 0) is 56.5 Å². The summed E-state index contributed by atoms with van der Waals surface area (Å²) in [6, 6.07) is 4.09. The number of halogens is 1. The van der Waals surface area contributed by atoms with Gasteiger partial charge in [0.05, 0.1) is 23.7 Å². The van der Waals surface area contributed by atoms with Gasteiger partial charge in [0, 0.05) is 37.1 Å². The number of amides is 1. The van der Waals surface area contributed by atoms with E-state index in [1.807, 2.05) is 26.0 Å². The van der Waals surface area contributed by atoms with Crippen LogP contribution in [0.25, 0.3) is 17.1 Å². The van der Waals surface area contributed by atoms with Gasteiger partial charge in [-0.2, -0.15) is 5.10 Å². The maximum absolute atomic E-state index is 13.3. The van der Waals surface area contributed by atoms with E-state index in [1.165, 1.54) is 17.1 Å². The molecule has 3 heterocycles. The number of likely N-dealkylation sites (tertiary alicyclic amines) is 1. The number of anilines is 2. The number of primary amides is 1. The summed E-state index contributed by atoms with van der Waals surface area (Å²) < 4.78 is 14.7. The molecule has 1 aliphatic rings. The molecule has 0 aliphatic carbocycles. The van der Waals surface area contributed by atoms with Gasteiger partial charge >= 0.3 is 0 Å². The number of aryl methyl sites for hydroxylation is 2. The highest BCUT2D eigenvalue weighted by Gasteiger charge is 2.20. The van der Waals surface area contributed by atoms with Crippen LogP contribution in [-0.2, 0) is 0 Å². The summed E-state index contributed by atoms with van der Waals surface area (Å²) >= 11 is 0. The van der Waals surface area contributed by atoms with Crippen molar-refractivity contribution in [2.45, 2.75) is 32.9 Å². The third-order valence-corrected chi connectivity index (χ3v) is 5.86. The Morgan fingerprint density at radius 2 is 2.03 bits per heavy atom. The fourth-order valence-corrected chi connectivity index (χ4v) is 4.16. The first-order chi connectivity index (χ1) is 15.8. The van der Waals surface area contributed by atoms with E-state index >= 15 is 0 Å². The molecular formula is C23H29FN8O. The van der Waals surface area contributed by atoms with Crippen molar-refractivity contribution < 1.29 is 9.18 Å². The second-order valence-corrected chi connectivity index (χ2v) is 8.45. The number of aromatic nitrogens is 4. The highest BCUT2D eigenvalue weighted by Crippen LogP contribution is 2.28. The molecule has 2 aromatic heterocycles. The Balaban J connectivity index is 1.48. The van der Waals surface area contributed by atoms with Crippen molar-refractivity contribution in [2.75, 3.05) is 37.2 Å². The number of benzene rings is 1. The average molecular weight is 453 g/mol. The van der Waals surface area contributed by atoms with Crippen LogP contribution in [0.1, 0.15) is 34.3 Å². The number of nitrogens with two attached hydrogens (primary N) is 2. The number of nitrogens with one attached hydrogen (secondary N) is 1. The van der Waals surface area contributed by atoms with Gasteiger partial charge in [-0.15, -0.1) is 0 Å². The van der Waals surface area contributed by atoms with Gasteiger partial charge in [0.2, 0.25) is 0 Å². The molecule has 0 bridgehead atoms. The smallest absolute Gasteiger partial charge is 0.251 e. The SMILES string of the molecule is Cc1cc(-c2cnc(N)c(-n3cc(C(N)=O)cn3)n2)cc(C)c1NCCCN1CC[C@@H](F)C1. The van der Waals surface area contributed by atoms with Crippen LogP contribution >= 0.6 is 0 Å². The zero-order valence-electron chi connectivity index (χ0n) is 18.9. The number of nitrogens with zero attached hydrogens (tertiary/aromatic N) is 5. The standard InChI is InChI=1S/C23H29FN8O/c1-14-8-16(9-15(2)20(14)27-5-3-6-31-7-4-18(24)13-31)19-11-28-21(25)23(30-19)32-12-17(10-29-32)22(26)33/h8-12,18,27H,3-7,13H2,1-2H3,(H2,25,28)(H2,26,33)/t18-/m1/s1. The molecule has 1 fully saturated rings. The molecule has 1 atom stereocenters. The molecule has 1 amide bonds. The Morgan fingerprint density at radius 3 is 2.67 bits per heavy atom. The topological polar surface area (TPSA) is 128 Å². The molecule has 1 aromatic carbocycles. The van der Waals surface area contributed by atoms with Gasteiger partial charge in [-0.3, -0.25) is 4.79 Å². The van der Waals surface area contributed by atoms with Gasteiger partial charge in [0.1, 0.15) is 6.17 Å². The molecular weight excluding hydrogens is 423 g/mol. The second-order valence-electron chi connectivity index (χ2n) is 8.45. The molecule has 0 unspecified atom stereocenters. The molecule has 5 N–H and O–H groups in total. The van der Waals surface area contributed by atoms with E-state index in [0.29, 0.717) is 24.5 Å². The lowest BCUT2D eigenvalue weighted by atomic mass is 10.0. The molecule has 0 spiro atoms. The van der Waals surface area contributed by atoms with Crippen molar-refractivity contribution in [2.24, 2.45) is 5.73 Å². The Kier molecular flexibility index (Phi) is 6.55. The van der Waals surface area contributed by atoms with Crippen molar-refractivity contribution in [3.8, 4) is 17.1 Å². The van der Waals surface area contributed by atoms with E-state index in [9.17, 15) is 9.18 Å². The average Bonchev–Trinajstić information content (AvgIpc) is 3.42. The van der Waals surface area contributed by atoms with Crippen molar-refractivity contribution in [1.82, 2.24) is 24.6 Å². The van der Waals surface area contributed by atoms with Gasteiger partial charge in [0.25, 0.3) is 5.91 Å². The predicted octanol–water partition coefficient (Wildman–Crippen LogP) is 2.47. The molecule has 0 saturated carbocycles. The summed E-state index contributed by atoms with van der Waals surface area (Å²) in [5.74, 6) is -0.0538. The van der Waals surface area contributed by atoms with Crippen molar-refractivity contribution >= 4 is 17.4 Å². The Morgan fingerprint density at radius 1 is 1.27 bits per heavy atom. The lowest BCUT2D eigenvalue weighted by Gasteiger charge is -2.17. The van der Waals surface area contributed by atoms with Crippen molar-refractivity contribution in [3.05, 3.63) is 47.4 Å². The van der Waals surface area contributed by atoms with E-state index < -0.39 is 12.1 Å². The van der Waals surface area contributed by atoms with Crippen LogP contribution in [0.4, 0.5) is 15.9 Å². The normalized spacial score (nSPS) is 16.3. The number of hydrogen-bond donors (Lipinski definition) is 3.